The highest BCUT2D eigenvalue weighted by molar-refractivity contribution is 5.48. The molecule has 0 saturated heterocycles. The first-order valence-corrected chi connectivity index (χ1v) is 2.78. The Morgan fingerprint density at radius 1 is 1.40 bits per heavy atom. The highest BCUT2D eigenvalue weighted by atomic mass is 16.5. The number of hydrogen-bond donors (Lipinski definition) is 0. The van der Waals surface area contributed by atoms with Gasteiger partial charge in [-0.3, -0.25) is 0 Å². The zero-order valence-electron chi connectivity index (χ0n) is 5.02. The van der Waals surface area contributed by atoms with E-state index in [1.165, 1.54) is 6.26 Å². The Morgan fingerprint density at radius 3 is 3.00 bits per heavy atom. The summed E-state index contributed by atoms with van der Waals surface area (Å²) >= 11 is 0. The molecule has 0 amide bonds. The van der Waals surface area contributed by atoms with E-state index in [-0.39, 0.29) is 0 Å². The van der Waals surface area contributed by atoms with Gasteiger partial charge in [0, 0.05) is 5.27 Å². The fourth-order valence-corrected chi connectivity index (χ4v) is 0.696. The molecule has 4 nitrogen and oxygen atoms in total. The van der Waals surface area contributed by atoms with Gasteiger partial charge < -0.3 is 8.94 Å². The third-order valence-electron chi connectivity index (χ3n) is 1.13. The SMILES string of the molecule is c1coc(-c2conn2)c1. The standard InChI is InChI=1S/C6H4N2O2/c1-2-6(9-3-1)5-4-10-8-7-5/h1-4H. The fraction of sp³-hybridized carbons (Fsp3) is 0. The molecule has 2 rings (SSSR count). The van der Waals surface area contributed by atoms with Crippen LogP contribution in [0.1, 0.15) is 0 Å². The van der Waals surface area contributed by atoms with Crippen LogP contribution in [0.2, 0.25) is 0 Å². The molecule has 4 heteroatoms. The zero-order chi connectivity index (χ0) is 6.81. The maximum atomic E-state index is 5.02. The molecule has 0 saturated carbocycles. The van der Waals surface area contributed by atoms with Gasteiger partial charge in [0.05, 0.1) is 6.26 Å². The summed E-state index contributed by atoms with van der Waals surface area (Å²) < 4.78 is 9.53. The van der Waals surface area contributed by atoms with Gasteiger partial charge in [-0.1, -0.05) is 0 Å². The molecular weight excluding hydrogens is 132 g/mol. The zero-order valence-corrected chi connectivity index (χ0v) is 5.02. The predicted molar refractivity (Wildman–Crippen MR) is 32.0 cm³/mol. The highest BCUT2D eigenvalue weighted by Gasteiger charge is 2.02. The van der Waals surface area contributed by atoms with E-state index in [0.29, 0.717) is 11.5 Å². The third kappa shape index (κ3) is 0.699. The van der Waals surface area contributed by atoms with Gasteiger partial charge in [-0.2, -0.15) is 0 Å². The molecule has 0 bridgehead atoms. The van der Waals surface area contributed by atoms with Crippen LogP contribution in [0.5, 0.6) is 0 Å². The molecular formula is C6H4N2O2. The molecule has 0 unspecified atom stereocenters. The van der Waals surface area contributed by atoms with Crippen molar-refractivity contribution in [3.05, 3.63) is 24.7 Å². The average Bonchev–Trinajstić information content (AvgIpc) is 2.59. The maximum Gasteiger partial charge on any atom is 0.169 e. The van der Waals surface area contributed by atoms with Crippen molar-refractivity contribution >= 4 is 0 Å². The van der Waals surface area contributed by atoms with Gasteiger partial charge in [0.1, 0.15) is 0 Å². The van der Waals surface area contributed by atoms with E-state index in [4.69, 9.17) is 4.42 Å². The molecule has 0 aliphatic heterocycles. The van der Waals surface area contributed by atoms with Crippen LogP contribution in [-0.4, -0.2) is 10.4 Å². The first-order chi connectivity index (χ1) is 4.97. The second kappa shape index (κ2) is 1.98. The smallest absolute Gasteiger partial charge is 0.169 e. The molecule has 0 aliphatic carbocycles. The Kier molecular flexibility index (Phi) is 1.04. The van der Waals surface area contributed by atoms with Crippen LogP contribution >= 0.6 is 0 Å². The monoisotopic (exact) mass is 136 g/mol. The van der Waals surface area contributed by atoms with Gasteiger partial charge in [0.2, 0.25) is 0 Å². The van der Waals surface area contributed by atoms with Gasteiger partial charge in [0.15, 0.2) is 17.7 Å². The molecule has 0 aliphatic rings. The second-order valence-corrected chi connectivity index (χ2v) is 1.77. The molecule has 0 radical (unpaired) electrons. The Balaban J connectivity index is 2.48. The second-order valence-electron chi connectivity index (χ2n) is 1.77. The van der Waals surface area contributed by atoms with Crippen LogP contribution in [-0.2, 0) is 0 Å². The number of nitrogens with zero attached hydrogens (tertiary/aromatic N) is 2. The summed E-state index contributed by atoms with van der Waals surface area (Å²) in [5.74, 6) is 0.668. The predicted octanol–water partition coefficient (Wildman–Crippen LogP) is 1.33. The summed E-state index contributed by atoms with van der Waals surface area (Å²) in [4.78, 5) is 0. The van der Waals surface area contributed by atoms with E-state index in [1.54, 1.807) is 18.4 Å². The molecule has 0 fully saturated rings. The van der Waals surface area contributed by atoms with Gasteiger partial charge in [-0.25, -0.2) is 0 Å². The molecule has 2 aromatic heterocycles. The van der Waals surface area contributed by atoms with E-state index in [0.717, 1.165) is 0 Å². The van der Waals surface area contributed by atoms with Crippen molar-refractivity contribution in [2.45, 2.75) is 0 Å². The number of rotatable bonds is 1. The van der Waals surface area contributed by atoms with Crippen molar-refractivity contribution in [2.24, 2.45) is 0 Å². The van der Waals surface area contributed by atoms with Crippen molar-refractivity contribution in [1.82, 2.24) is 10.4 Å². The topological polar surface area (TPSA) is 52.1 Å². The third-order valence-corrected chi connectivity index (χ3v) is 1.13. The Bertz CT molecular complexity index is 253. The molecule has 2 heterocycles. The lowest BCUT2D eigenvalue weighted by atomic mass is 10.4. The van der Waals surface area contributed by atoms with Gasteiger partial charge in [-0.15, -0.1) is 5.10 Å². The summed E-state index contributed by atoms with van der Waals surface area (Å²) in [6.07, 6.45) is 3.00. The van der Waals surface area contributed by atoms with Gasteiger partial charge >= 0.3 is 0 Å². The van der Waals surface area contributed by atoms with Crippen molar-refractivity contribution in [3.63, 3.8) is 0 Å². The molecule has 50 valence electrons. The quantitative estimate of drug-likeness (QED) is 0.593. The lowest BCUT2D eigenvalue weighted by Crippen LogP contribution is -1.70. The van der Waals surface area contributed by atoms with Crippen LogP contribution < -0.4 is 0 Å². The van der Waals surface area contributed by atoms with Crippen LogP contribution in [0, 0.1) is 0 Å². The van der Waals surface area contributed by atoms with E-state index >= 15 is 0 Å². The van der Waals surface area contributed by atoms with Crippen LogP contribution in [0.4, 0.5) is 0 Å². The van der Waals surface area contributed by atoms with E-state index in [2.05, 4.69) is 14.9 Å². The fourth-order valence-electron chi connectivity index (χ4n) is 0.696. The van der Waals surface area contributed by atoms with Crippen molar-refractivity contribution in [3.8, 4) is 11.5 Å². The molecule has 0 N–H and O–H groups in total. The minimum atomic E-state index is 0.616. The number of aromatic nitrogens is 2. The first kappa shape index (κ1) is 5.22. The lowest BCUT2D eigenvalue weighted by molar-refractivity contribution is 0.393. The summed E-state index contributed by atoms with van der Waals surface area (Å²) in [5, 5.41) is 6.94. The van der Waals surface area contributed by atoms with Crippen molar-refractivity contribution < 1.29 is 8.94 Å². The summed E-state index contributed by atoms with van der Waals surface area (Å²) in [5.41, 5.74) is 0.616. The summed E-state index contributed by atoms with van der Waals surface area (Å²) in [6.45, 7) is 0. The summed E-state index contributed by atoms with van der Waals surface area (Å²) in [6, 6.07) is 3.57. The van der Waals surface area contributed by atoms with Gasteiger partial charge in [-0.05, 0) is 12.1 Å². The average molecular weight is 136 g/mol. The number of furan rings is 1. The Hall–Kier alpha value is -1.58. The Labute approximate surface area is 56.4 Å². The normalized spacial score (nSPS) is 10.0. The molecule has 2 aromatic rings. The van der Waals surface area contributed by atoms with Crippen LogP contribution in [0.15, 0.2) is 33.6 Å². The maximum absolute atomic E-state index is 5.02. The van der Waals surface area contributed by atoms with Crippen LogP contribution in [0.3, 0.4) is 0 Å². The minimum Gasteiger partial charge on any atom is -0.463 e. The number of hydrogen-bond acceptors (Lipinski definition) is 4. The van der Waals surface area contributed by atoms with Gasteiger partial charge in [0.25, 0.3) is 0 Å². The molecule has 0 aromatic carbocycles. The van der Waals surface area contributed by atoms with Crippen molar-refractivity contribution in [2.75, 3.05) is 0 Å². The minimum absolute atomic E-state index is 0.616. The molecule has 10 heavy (non-hydrogen) atoms. The summed E-state index contributed by atoms with van der Waals surface area (Å²) in [7, 11) is 0. The van der Waals surface area contributed by atoms with E-state index in [1.807, 2.05) is 0 Å². The Morgan fingerprint density at radius 2 is 2.40 bits per heavy atom. The largest absolute Gasteiger partial charge is 0.463 e. The highest BCUT2D eigenvalue weighted by Crippen LogP contribution is 2.14. The molecule has 0 atom stereocenters. The lowest BCUT2D eigenvalue weighted by Gasteiger charge is -1.80. The first-order valence-electron chi connectivity index (χ1n) is 2.78. The van der Waals surface area contributed by atoms with Crippen molar-refractivity contribution in [1.29, 1.82) is 0 Å². The molecule has 0 spiro atoms. The van der Waals surface area contributed by atoms with E-state index < -0.39 is 0 Å². The van der Waals surface area contributed by atoms with E-state index in [9.17, 15) is 0 Å². The van der Waals surface area contributed by atoms with Crippen LogP contribution in [0.25, 0.3) is 11.5 Å².